The predicted molar refractivity (Wildman–Crippen MR) is 98.9 cm³/mol. The number of carboxylic acids is 1. The van der Waals surface area contributed by atoms with Gasteiger partial charge in [-0.2, -0.15) is 0 Å². The van der Waals surface area contributed by atoms with Gasteiger partial charge in [0.15, 0.2) is 0 Å². The summed E-state index contributed by atoms with van der Waals surface area (Å²) in [7, 11) is 0. The molecule has 8 nitrogen and oxygen atoms in total. The minimum Gasteiger partial charge on any atom is -0.477 e. The molecular formula is C17H18N2O6S2. The Morgan fingerprint density at radius 1 is 1.41 bits per heavy atom. The summed E-state index contributed by atoms with van der Waals surface area (Å²) in [6.07, 6.45) is -0.244. The molecule has 1 saturated heterocycles. The van der Waals surface area contributed by atoms with Crippen molar-refractivity contribution in [2.75, 3.05) is 5.75 Å². The van der Waals surface area contributed by atoms with E-state index in [-0.39, 0.29) is 29.4 Å². The van der Waals surface area contributed by atoms with Crippen molar-refractivity contribution in [2.24, 2.45) is 0 Å². The van der Waals surface area contributed by atoms with Crippen LogP contribution in [0.2, 0.25) is 0 Å². The molecule has 0 aromatic carbocycles. The number of rotatable bonds is 6. The molecule has 2 aliphatic rings. The van der Waals surface area contributed by atoms with Crippen molar-refractivity contribution < 1.29 is 29.0 Å². The summed E-state index contributed by atoms with van der Waals surface area (Å²) in [5.41, 5.74) is -0.410. The maximum absolute atomic E-state index is 12.5. The number of hydrogen-bond donors (Lipinski definition) is 2. The highest BCUT2D eigenvalue weighted by atomic mass is 32.2. The number of carbonyl (C=O) groups excluding carboxylic acids is 3. The monoisotopic (exact) mass is 410 g/mol. The van der Waals surface area contributed by atoms with Gasteiger partial charge in [0.25, 0.3) is 5.91 Å². The van der Waals surface area contributed by atoms with Crippen LogP contribution in [0.15, 0.2) is 28.8 Å². The highest BCUT2D eigenvalue weighted by Crippen LogP contribution is 2.40. The maximum atomic E-state index is 12.5. The Labute approximate surface area is 163 Å². The Hall–Kier alpha value is -2.33. The second-order valence-corrected chi connectivity index (χ2v) is 8.43. The Morgan fingerprint density at radius 2 is 2.15 bits per heavy atom. The highest BCUT2D eigenvalue weighted by Gasteiger charge is 2.55. The summed E-state index contributed by atoms with van der Waals surface area (Å²) < 4.78 is 5.08. The van der Waals surface area contributed by atoms with Gasteiger partial charge in [-0.15, -0.1) is 23.1 Å². The van der Waals surface area contributed by atoms with Crippen LogP contribution >= 0.6 is 23.1 Å². The van der Waals surface area contributed by atoms with Crippen LogP contribution in [0.3, 0.4) is 0 Å². The van der Waals surface area contributed by atoms with Gasteiger partial charge in [0.2, 0.25) is 5.91 Å². The van der Waals surface area contributed by atoms with Crippen LogP contribution < -0.4 is 5.32 Å². The number of fused-ring (bicyclic) bond motifs is 1. The topological polar surface area (TPSA) is 113 Å². The van der Waals surface area contributed by atoms with Gasteiger partial charge in [0.1, 0.15) is 17.1 Å². The number of nitrogens with zero attached hydrogens (tertiary/aromatic N) is 1. The number of thiophene rings is 1. The van der Waals surface area contributed by atoms with Gasteiger partial charge >= 0.3 is 11.9 Å². The fraction of sp³-hybridized carbons (Fsp3) is 0.412. The molecule has 3 rings (SSSR count). The summed E-state index contributed by atoms with van der Waals surface area (Å²) in [5, 5.41) is 13.5. The molecule has 0 bridgehead atoms. The van der Waals surface area contributed by atoms with E-state index < -0.39 is 35.4 Å². The van der Waals surface area contributed by atoms with Crippen LogP contribution in [-0.4, -0.2) is 57.0 Å². The number of aliphatic carboxylic acids is 1. The molecule has 0 aliphatic carbocycles. The third-order valence-corrected chi connectivity index (χ3v) is 6.15. The average molecular weight is 410 g/mol. The van der Waals surface area contributed by atoms with Crippen LogP contribution in [0.1, 0.15) is 18.7 Å². The molecule has 0 spiro atoms. The number of esters is 1. The molecule has 1 unspecified atom stereocenters. The van der Waals surface area contributed by atoms with E-state index in [1.165, 1.54) is 23.1 Å². The molecule has 1 fully saturated rings. The second kappa shape index (κ2) is 7.73. The average Bonchev–Trinajstić information content (AvgIpc) is 3.10. The minimum atomic E-state index is -1.37. The van der Waals surface area contributed by atoms with E-state index in [1.54, 1.807) is 13.8 Å². The largest absolute Gasteiger partial charge is 0.477 e. The molecule has 27 heavy (non-hydrogen) atoms. The number of amides is 2. The van der Waals surface area contributed by atoms with Crippen LogP contribution in [0, 0.1) is 0 Å². The van der Waals surface area contributed by atoms with Crippen LogP contribution in [-0.2, 0) is 30.3 Å². The van der Waals surface area contributed by atoms with E-state index in [1.807, 2.05) is 17.5 Å². The van der Waals surface area contributed by atoms with Crippen molar-refractivity contribution in [1.29, 1.82) is 0 Å². The number of thioether (sulfide) groups is 1. The van der Waals surface area contributed by atoms with Crippen LogP contribution in [0.4, 0.5) is 0 Å². The molecule has 1 aromatic heterocycles. The molecule has 0 radical (unpaired) electrons. The smallest absolute Gasteiger partial charge is 0.353 e. The van der Waals surface area contributed by atoms with E-state index in [0.29, 0.717) is 0 Å². The van der Waals surface area contributed by atoms with Gasteiger partial charge in [-0.3, -0.25) is 14.5 Å². The van der Waals surface area contributed by atoms with Crippen molar-refractivity contribution in [3.05, 3.63) is 33.7 Å². The predicted octanol–water partition coefficient (Wildman–Crippen LogP) is 0.981. The zero-order valence-electron chi connectivity index (χ0n) is 14.6. The molecule has 10 heteroatoms. The number of nitrogens with one attached hydrogen (secondary N) is 1. The Morgan fingerprint density at radius 3 is 2.74 bits per heavy atom. The van der Waals surface area contributed by atoms with Gasteiger partial charge in [-0.1, -0.05) is 6.07 Å². The van der Waals surface area contributed by atoms with Gasteiger partial charge < -0.3 is 15.2 Å². The first kappa shape index (κ1) is 19.4. The van der Waals surface area contributed by atoms with Crippen LogP contribution in [0.25, 0.3) is 0 Å². The number of carbonyl (C=O) groups is 4. The number of ether oxygens (including phenoxy) is 1. The third kappa shape index (κ3) is 3.86. The summed E-state index contributed by atoms with van der Waals surface area (Å²) in [6, 6.07) is 2.86. The van der Waals surface area contributed by atoms with Gasteiger partial charge in [0, 0.05) is 10.6 Å². The Kier molecular flexibility index (Phi) is 5.56. The molecule has 3 heterocycles. The zero-order chi connectivity index (χ0) is 19.7. The fourth-order valence-electron chi connectivity index (χ4n) is 2.86. The number of hydrogen-bond acceptors (Lipinski definition) is 7. The lowest BCUT2D eigenvalue weighted by Crippen LogP contribution is -2.70. The summed E-state index contributed by atoms with van der Waals surface area (Å²) in [4.78, 5) is 50.4. The minimum absolute atomic E-state index is 0.0471. The van der Waals surface area contributed by atoms with Crippen molar-refractivity contribution in [3.8, 4) is 0 Å². The molecular weight excluding hydrogens is 392 g/mol. The summed E-state index contributed by atoms with van der Waals surface area (Å²) in [5.74, 6) is -2.86. The molecule has 0 saturated carbocycles. The third-order valence-electron chi connectivity index (χ3n) is 3.99. The van der Waals surface area contributed by atoms with E-state index >= 15 is 0 Å². The quantitative estimate of drug-likeness (QED) is 0.531. The standard InChI is InChI=1S/C17H18N2O6S2/c1-8(2)25-17(24)10-7-27-15-12(14(21)19(15)13(10)16(22)23)18-11(20)6-9-4-3-5-26-9/h3-5,8,12,15H,6-7H2,1-2H3,(H,18,20)(H,22,23)/t12?,15-/m1/s1. The first-order chi connectivity index (χ1) is 12.8. The lowest BCUT2D eigenvalue weighted by molar-refractivity contribution is -0.151. The molecule has 144 valence electrons. The van der Waals surface area contributed by atoms with E-state index in [4.69, 9.17) is 4.74 Å². The first-order valence-corrected chi connectivity index (χ1v) is 10.2. The highest BCUT2D eigenvalue weighted by molar-refractivity contribution is 8.00. The molecule has 2 aliphatic heterocycles. The Bertz CT molecular complexity index is 817. The maximum Gasteiger partial charge on any atom is 0.353 e. The molecule has 2 atom stereocenters. The molecule has 2 N–H and O–H groups in total. The number of β-lactam (4-membered cyclic amide) rings is 1. The van der Waals surface area contributed by atoms with Gasteiger partial charge in [-0.05, 0) is 25.3 Å². The van der Waals surface area contributed by atoms with E-state index in [9.17, 15) is 24.3 Å². The summed E-state index contributed by atoms with van der Waals surface area (Å²) >= 11 is 2.67. The first-order valence-electron chi connectivity index (χ1n) is 8.23. The van der Waals surface area contributed by atoms with Crippen molar-refractivity contribution in [3.63, 3.8) is 0 Å². The SMILES string of the molecule is CC(C)OC(=O)C1=C(C(=O)O)N2C(=O)C(NC(=O)Cc3cccs3)[C@H]2SC1. The van der Waals surface area contributed by atoms with Gasteiger partial charge in [0.05, 0.1) is 18.1 Å². The lowest BCUT2D eigenvalue weighted by Gasteiger charge is -2.49. The normalized spacial score (nSPS) is 21.6. The lowest BCUT2D eigenvalue weighted by atomic mass is 10.0. The zero-order valence-corrected chi connectivity index (χ0v) is 16.3. The van der Waals surface area contributed by atoms with Crippen molar-refractivity contribution in [1.82, 2.24) is 10.2 Å². The number of carboxylic acid groups (broad SMARTS) is 1. The van der Waals surface area contributed by atoms with Crippen LogP contribution in [0.5, 0.6) is 0 Å². The summed E-state index contributed by atoms with van der Waals surface area (Å²) in [6.45, 7) is 3.32. The second-order valence-electron chi connectivity index (χ2n) is 6.30. The van der Waals surface area contributed by atoms with Crippen molar-refractivity contribution >= 4 is 46.9 Å². The Balaban J connectivity index is 1.74. The molecule has 2 amide bonds. The van der Waals surface area contributed by atoms with E-state index in [2.05, 4.69) is 5.32 Å². The van der Waals surface area contributed by atoms with Crippen molar-refractivity contribution in [2.45, 2.75) is 37.8 Å². The van der Waals surface area contributed by atoms with E-state index in [0.717, 1.165) is 9.78 Å². The van der Waals surface area contributed by atoms with Gasteiger partial charge in [-0.25, -0.2) is 9.59 Å². The molecule has 1 aromatic rings. The fourth-order valence-corrected chi connectivity index (χ4v) is 4.89.